The summed E-state index contributed by atoms with van der Waals surface area (Å²) in [5.41, 5.74) is 0.935. The molecule has 0 heterocycles. The van der Waals surface area contributed by atoms with E-state index in [0.29, 0.717) is 12.5 Å². The summed E-state index contributed by atoms with van der Waals surface area (Å²) in [7, 11) is 3.41. The molecule has 2 N–H and O–H groups in total. The summed E-state index contributed by atoms with van der Waals surface area (Å²) in [6, 6.07) is 6.49. The van der Waals surface area contributed by atoms with E-state index in [1.54, 1.807) is 20.2 Å². The van der Waals surface area contributed by atoms with E-state index in [2.05, 4.69) is 15.6 Å². The van der Waals surface area contributed by atoms with Crippen molar-refractivity contribution < 1.29 is 4.92 Å². The molecule has 1 aromatic carbocycles. The number of nitrogens with zero attached hydrogens (tertiary/aromatic N) is 2. The maximum Gasteiger partial charge on any atom is 0.269 e. The lowest BCUT2D eigenvalue weighted by Gasteiger charge is -2.07. The fourth-order valence-electron chi connectivity index (χ4n) is 1.25. The van der Waals surface area contributed by atoms with E-state index < -0.39 is 4.92 Å². The minimum Gasteiger partial charge on any atom is -0.359 e. The molecule has 0 bridgehead atoms. The van der Waals surface area contributed by atoms with Crippen molar-refractivity contribution in [1.82, 2.24) is 10.6 Å². The molecule has 0 aliphatic heterocycles. The van der Waals surface area contributed by atoms with Crippen LogP contribution in [0.25, 0.3) is 0 Å². The number of hydrogen-bond donors (Lipinski definition) is 2. The van der Waals surface area contributed by atoms with Crippen LogP contribution in [-0.4, -0.2) is 25.0 Å². The van der Waals surface area contributed by atoms with Crippen LogP contribution in [0.5, 0.6) is 0 Å². The summed E-state index contributed by atoms with van der Waals surface area (Å²) in [5.74, 6) is 0.645. The SMILES string of the molecule is CN=C(NC)NCc1cccc([N+](=O)[O-])c1. The highest BCUT2D eigenvalue weighted by atomic mass is 16.6. The average Bonchev–Trinajstić information content (AvgIpc) is 2.31. The van der Waals surface area contributed by atoms with Gasteiger partial charge in [0.05, 0.1) is 4.92 Å². The summed E-state index contributed by atoms with van der Waals surface area (Å²) in [4.78, 5) is 14.1. The Kier molecular flexibility index (Phi) is 4.26. The van der Waals surface area contributed by atoms with Gasteiger partial charge in [-0.1, -0.05) is 12.1 Å². The van der Waals surface area contributed by atoms with Gasteiger partial charge in [-0.15, -0.1) is 0 Å². The Balaban J connectivity index is 2.67. The lowest BCUT2D eigenvalue weighted by molar-refractivity contribution is -0.384. The molecule has 6 nitrogen and oxygen atoms in total. The number of rotatable bonds is 3. The topological polar surface area (TPSA) is 79.6 Å². The molecule has 0 aromatic heterocycles. The molecule has 0 atom stereocenters. The second kappa shape index (κ2) is 5.69. The van der Waals surface area contributed by atoms with E-state index in [-0.39, 0.29) is 5.69 Å². The van der Waals surface area contributed by atoms with Gasteiger partial charge in [-0.3, -0.25) is 15.1 Å². The van der Waals surface area contributed by atoms with Gasteiger partial charge in [0.15, 0.2) is 5.96 Å². The van der Waals surface area contributed by atoms with Crippen LogP contribution in [-0.2, 0) is 6.54 Å². The Bertz CT molecular complexity index is 404. The monoisotopic (exact) mass is 222 g/mol. The highest BCUT2D eigenvalue weighted by Crippen LogP contribution is 2.12. The smallest absolute Gasteiger partial charge is 0.269 e. The van der Waals surface area contributed by atoms with Crippen molar-refractivity contribution >= 4 is 11.6 Å². The standard InChI is InChI=1S/C10H14N4O2/c1-11-10(12-2)13-7-8-4-3-5-9(6-8)14(15)16/h3-6H,7H2,1-2H3,(H2,11,12,13). The van der Waals surface area contributed by atoms with Crippen LogP contribution in [0, 0.1) is 10.1 Å². The normalized spacial score (nSPS) is 11.0. The molecule has 0 radical (unpaired) electrons. The van der Waals surface area contributed by atoms with Crippen LogP contribution in [0.3, 0.4) is 0 Å². The lowest BCUT2D eigenvalue weighted by atomic mass is 10.2. The number of hydrogen-bond acceptors (Lipinski definition) is 3. The molecule has 0 spiro atoms. The molecule has 1 rings (SSSR count). The molecule has 6 heteroatoms. The van der Waals surface area contributed by atoms with Crippen molar-refractivity contribution in [1.29, 1.82) is 0 Å². The first-order valence-electron chi connectivity index (χ1n) is 4.79. The predicted octanol–water partition coefficient (Wildman–Crippen LogP) is 0.890. The van der Waals surface area contributed by atoms with Gasteiger partial charge in [0.25, 0.3) is 5.69 Å². The van der Waals surface area contributed by atoms with E-state index in [0.717, 1.165) is 5.56 Å². The summed E-state index contributed by atoms with van der Waals surface area (Å²) in [6.45, 7) is 0.495. The highest BCUT2D eigenvalue weighted by Gasteiger charge is 2.05. The zero-order valence-electron chi connectivity index (χ0n) is 9.23. The third kappa shape index (κ3) is 3.23. The average molecular weight is 222 g/mol. The zero-order valence-corrected chi connectivity index (χ0v) is 9.23. The predicted molar refractivity (Wildman–Crippen MR) is 62.4 cm³/mol. The molecule has 0 saturated heterocycles. The van der Waals surface area contributed by atoms with E-state index in [9.17, 15) is 10.1 Å². The fourth-order valence-corrected chi connectivity index (χ4v) is 1.25. The number of benzene rings is 1. The quantitative estimate of drug-likeness (QED) is 0.344. The minimum absolute atomic E-state index is 0.0961. The molecule has 0 fully saturated rings. The van der Waals surface area contributed by atoms with E-state index >= 15 is 0 Å². The van der Waals surface area contributed by atoms with Crippen LogP contribution in [0.15, 0.2) is 29.3 Å². The van der Waals surface area contributed by atoms with Crippen molar-refractivity contribution in [2.24, 2.45) is 4.99 Å². The molecule has 1 aromatic rings. The molecule has 0 unspecified atom stereocenters. The van der Waals surface area contributed by atoms with Gasteiger partial charge in [0.2, 0.25) is 0 Å². The van der Waals surface area contributed by atoms with Crippen molar-refractivity contribution in [3.8, 4) is 0 Å². The second-order valence-corrected chi connectivity index (χ2v) is 3.10. The highest BCUT2D eigenvalue weighted by molar-refractivity contribution is 5.79. The van der Waals surface area contributed by atoms with Crippen molar-refractivity contribution in [2.75, 3.05) is 14.1 Å². The molecular formula is C10H14N4O2. The van der Waals surface area contributed by atoms with Crippen molar-refractivity contribution in [3.05, 3.63) is 39.9 Å². The van der Waals surface area contributed by atoms with Crippen molar-refractivity contribution in [2.45, 2.75) is 6.54 Å². The summed E-state index contributed by atoms with van der Waals surface area (Å²) in [6.07, 6.45) is 0. The number of non-ortho nitro benzene ring substituents is 1. The number of nitrogens with one attached hydrogen (secondary N) is 2. The van der Waals surface area contributed by atoms with Crippen LogP contribution < -0.4 is 10.6 Å². The Morgan fingerprint density at radius 3 is 2.88 bits per heavy atom. The Labute approximate surface area is 93.5 Å². The van der Waals surface area contributed by atoms with Gasteiger partial charge in [0.1, 0.15) is 0 Å². The third-order valence-electron chi connectivity index (χ3n) is 2.04. The third-order valence-corrected chi connectivity index (χ3v) is 2.04. The van der Waals surface area contributed by atoms with Gasteiger partial charge in [-0.05, 0) is 5.56 Å². The maximum absolute atomic E-state index is 10.6. The summed E-state index contributed by atoms with van der Waals surface area (Å²) < 4.78 is 0. The van der Waals surface area contributed by atoms with Gasteiger partial charge in [-0.25, -0.2) is 0 Å². The van der Waals surface area contributed by atoms with E-state index in [1.807, 2.05) is 6.07 Å². The van der Waals surface area contributed by atoms with E-state index in [1.165, 1.54) is 12.1 Å². The van der Waals surface area contributed by atoms with Gasteiger partial charge in [-0.2, -0.15) is 0 Å². The zero-order chi connectivity index (χ0) is 12.0. The van der Waals surface area contributed by atoms with Crippen LogP contribution in [0.2, 0.25) is 0 Å². The van der Waals surface area contributed by atoms with E-state index in [4.69, 9.17) is 0 Å². The molecule has 0 aliphatic carbocycles. The van der Waals surface area contributed by atoms with Gasteiger partial charge in [0, 0.05) is 32.8 Å². The molecule has 0 aliphatic rings. The second-order valence-electron chi connectivity index (χ2n) is 3.10. The fraction of sp³-hybridized carbons (Fsp3) is 0.300. The Morgan fingerprint density at radius 2 is 2.31 bits per heavy atom. The molecule has 0 amide bonds. The number of aliphatic imine (C=N–C) groups is 1. The minimum atomic E-state index is -0.406. The number of guanidine groups is 1. The van der Waals surface area contributed by atoms with Crippen LogP contribution >= 0.6 is 0 Å². The largest absolute Gasteiger partial charge is 0.359 e. The number of nitro groups is 1. The van der Waals surface area contributed by atoms with Crippen LogP contribution in [0.1, 0.15) is 5.56 Å². The maximum atomic E-state index is 10.6. The first kappa shape index (κ1) is 12.0. The molecule has 0 saturated carbocycles. The Morgan fingerprint density at radius 1 is 1.56 bits per heavy atom. The van der Waals surface area contributed by atoms with Gasteiger partial charge >= 0.3 is 0 Å². The van der Waals surface area contributed by atoms with Gasteiger partial charge < -0.3 is 10.6 Å². The van der Waals surface area contributed by atoms with Crippen molar-refractivity contribution in [3.63, 3.8) is 0 Å². The number of nitro benzene ring substituents is 1. The molecule has 16 heavy (non-hydrogen) atoms. The first-order chi connectivity index (χ1) is 7.67. The lowest BCUT2D eigenvalue weighted by Crippen LogP contribution is -2.34. The van der Waals surface area contributed by atoms with Crippen LogP contribution in [0.4, 0.5) is 5.69 Å². The first-order valence-corrected chi connectivity index (χ1v) is 4.79. The molecular weight excluding hydrogens is 208 g/mol. The molecule has 86 valence electrons. The summed E-state index contributed by atoms with van der Waals surface area (Å²) in [5, 5.41) is 16.4. The Hall–Kier alpha value is -2.11. The summed E-state index contributed by atoms with van der Waals surface area (Å²) >= 11 is 0.